The van der Waals surface area contributed by atoms with Crippen molar-refractivity contribution < 1.29 is 23.8 Å². The zero-order chi connectivity index (χ0) is 22.3. The summed E-state index contributed by atoms with van der Waals surface area (Å²) in [6, 6.07) is 10.3. The van der Waals surface area contributed by atoms with E-state index < -0.39 is 23.5 Å². The van der Waals surface area contributed by atoms with Crippen LogP contribution in [0.4, 0.5) is 9.52 Å². The minimum atomic E-state index is -0.862. The maximum Gasteiger partial charge on any atom is 0.296 e. The summed E-state index contributed by atoms with van der Waals surface area (Å²) in [6.45, 7) is 3.79. The molecule has 1 aliphatic rings. The maximum absolute atomic E-state index is 13.7. The number of Topliss-reactive ketones (excluding diaryl/α,β-unsaturated/α-hetero) is 1. The Balaban J connectivity index is 1.88. The fourth-order valence-corrected chi connectivity index (χ4v) is 4.70. The quantitative estimate of drug-likeness (QED) is 0.586. The number of aliphatic hydroxyl groups excluding tert-OH is 1. The van der Waals surface area contributed by atoms with Gasteiger partial charge in [-0.2, -0.15) is 0 Å². The van der Waals surface area contributed by atoms with Crippen LogP contribution in [0.15, 0.2) is 53.8 Å². The topological polar surface area (TPSA) is 79.7 Å². The van der Waals surface area contributed by atoms with Crippen LogP contribution in [0.25, 0.3) is 10.2 Å². The third kappa shape index (κ3) is 3.79. The van der Waals surface area contributed by atoms with E-state index in [1.807, 2.05) is 13.8 Å². The number of aromatic nitrogens is 1. The van der Waals surface area contributed by atoms with Crippen molar-refractivity contribution in [2.75, 3.05) is 12.0 Å². The van der Waals surface area contributed by atoms with Gasteiger partial charge >= 0.3 is 0 Å². The zero-order valence-electron chi connectivity index (χ0n) is 17.3. The summed E-state index contributed by atoms with van der Waals surface area (Å²) in [6.07, 6.45) is 0.187. The van der Waals surface area contributed by atoms with Crippen LogP contribution in [0, 0.1) is 11.7 Å². The largest absolute Gasteiger partial charge is 0.503 e. The Labute approximate surface area is 182 Å². The van der Waals surface area contributed by atoms with Crippen LogP contribution in [0.3, 0.4) is 0 Å². The van der Waals surface area contributed by atoms with Crippen LogP contribution in [-0.4, -0.2) is 28.9 Å². The predicted octanol–water partition coefficient (Wildman–Crippen LogP) is 4.96. The van der Waals surface area contributed by atoms with Gasteiger partial charge in [0.2, 0.25) is 0 Å². The minimum absolute atomic E-state index is 0.0392. The Hall–Kier alpha value is -3.26. The molecule has 31 heavy (non-hydrogen) atoms. The average Bonchev–Trinajstić information content (AvgIpc) is 3.25. The second-order valence-electron chi connectivity index (χ2n) is 7.75. The highest BCUT2D eigenvalue weighted by Gasteiger charge is 2.45. The molecule has 1 unspecified atom stereocenters. The van der Waals surface area contributed by atoms with Gasteiger partial charge in [0.15, 0.2) is 16.7 Å². The molecular formula is C23H21FN2O4S. The lowest BCUT2D eigenvalue weighted by molar-refractivity contribution is -0.118. The molecule has 8 heteroatoms. The lowest BCUT2D eigenvalue weighted by Crippen LogP contribution is -2.31. The van der Waals surface area contributed by atoms with Gasteiger partial charge in [0, 0.05) is 6.42 Å². The number of hydrogen-bond acceptors (Lipinski definition) is 6. The SMILES string of the molecule is COc1cccc(C2C(C(=O)CC(C)C)=C(O)C(=O)N2c2nc3ccc(F)cc3s2)c1. The third-order valence-electron chi connectivity index (χ3n) is 5.06. The van der Waals surface area contributed by atoms with Crippen LogP contribution >= 0.6 is 11.3 Å². The number of fused-ring (bicyclic) bond motifs is 1. The lowest BCUT2D eigenvalue weighted by atomic mass is 9.92. The molecule has 0 bridgehead atoms. The lowest BCUT2D eigenvalue weighted by Gasteiger charge is -2.25. The van der Waals surface area contributed by atoms with E-state index in [1.54, 1.807) is 24.3 Å². The highest BCUT2D eigenvalue weighted by atomic mass is 32.1. The molecule has 1 aliphatic heterocycles. The first kappa shape index (κ1) is 21.0. The molecule has 0 fully saturated rings. The van der Waals surface area contributed by atoms with Crippen LogP contribution in [0.5, 0.6) is 5.75 Å². The van der Waals surface area contributed by atoms with E-state index in [2.05, 4.69) is 4.98 Å². The Morgan fingerprint density at radius 3 is 2.77 bits per heavy atom. The summed E-state index contributed by atoms with van der Waals surface area (Å²) in [7, 11) is 1.52. The summed E-state index contributed by atoms with van der Waals surface area (Å²) < 4.78 is 19.5. The molecule has 1 aromatic heterocycles. The van der Waals surface area contributed by atoms with E-state index in [0.717, 1.165) is 11.3 Å². The van der Waals surface area contributed by atoms with E-state index in [4.69, 9.17) is 4.74 Å². The van der Waals surface area contributed by atoms with Gasteiger partial charge in [0.05, 0.1) is 28.9 Å². The number of nitrogens with zero attached hydrogens (tertiary/aromatic N) is 2. The molecule has 2 heterocycles. The van der Waals surface area contributed by atoms with Gasteiger partial charge in [-0.1, -0.05) is 37.3 Å². The molecule has 1 N–H and O–H groups in total. The first-order chi connectivity index (χ1) is 14.8. The summed E-state index contributed by atoms with van der Waals surface area (Å²) >= 11 is 1.12. The van der Waals surface area contributed by atoms with Crippen LogP contribution in [0.2, 0.25) is 0 Å². The Morgan fingerprint density at radius 2 is 2.06 bits per heavy atom. The standard InChI is InChI=1S/C23H21FN2O4S/c1-12(2)9-17(27)19-20(13-5-4-6-15(10-13)30-3)26(22(29)21(19)28)23-25-16-8-7-14(24)11-18(16)31-23/h4-8,10-12,20,28H,9H2,1-3H3. The molecule has 6 nitrogen and oxygen atoms in total. The number of methoxy groups -OCH3 is 1. The number of anilines is 1. The van der Waals surface area contributed by atoms with Crippen LogP contribution < -0.4 is 9.64 Å². The summed E-state index contributed by atoms with van der Waals surface area (Å²) in [4.78, 5) is 31.9. The number of carbonyl (C=O) groups excluding carboxylic acids is 2. The van der Waals surface area contributed by atoms with E-state index in [0.29, 0.717) is 21.5 Å². The molecule has 0 aliphatic carbocycles. The van der Waals surface area contributed by atoms with Crippen molar-refractivity contribution in [3.8, 4) is 5.75 Å². The van der Waals surface area contributed by atoms with Gasteiger partial charge in [-0.25, -0.2) is 9.37 Å². The van der Waals surface area contributed by atoms with Crippen molar-refractivity contribution in [2.45, 2.75) is 26.3 Å². The molecule has 1 atom stereocenters. The monoisotopic (exact) mass is 440 g/mol. The first-order valence-corrected chi connectivity index (χ1v) is 10.6. The molecule has 1 amide bonds. The summed E-state index contributed by atoms with van der Waals surface area (Å²) in [5.41, 5.74) is 1.17. The zero-order valence-corrected chi connectivity index (χ0v) is 18.1. The number of ether oxygens (including phenoxy) is 1. The number of thiazole rings is 1. The first-order valence-electron chi connectivity index (χ1n) is 9.80. The number of benzene rings is 2. The van der Waals surface area contributed by atoms with Crippen LogP contribution in [0.1, 0.15) is 31.9 Å². The second-order valence-corrected chi connectivity index (χ2v) is 8.76. The Kier molecular flexibility index (Phi) is 5.49. The van der Waals surface area contributed by atoms with Gasteiger partial charge in [0.25, 0.3) is 5.91 Å². The van der Waals surface area contributed by atoms with Gasteiger partial charge < -0.3 is 9.84 Å². The van der Waals surface area contributed by atoms with Crippen molar-refractivity contribution >= 4 is 38.4 Å². The third-order valence-corrected chi connectivity index (χ3v) is 6.07. The molecule has 0 saturated heterocycles. The average molecular weight is 440 g/mol. The van der Waals surface area contributed by atoms with E-state index in [9.17, 15) is 19.1 Å². The van der Waals surface area contributed by atoms with E-state index in [1.165, 1.54) is 30.2 Å². The number of amides is 1. The van der Waals surface area contributed by atoms with Crippen molar-refractivity contribution in [3.63, 3.8) is 0 Å². The highest BCUT2D eigenvalue weighted by molar-refractivity contribution is 7.22. The molecule has 3 aromatic rings. The predicted molar refractivity (Wildman–Crippen MR) is 117 cm³/mol. The summed E-state index contributed by atoms with van der Waals surface area (Å²) in [5, 5.41) is 11.0. The Bertz CT molecular complexity index is 1220. The van der Waals surface area contributed by atoms with Gasteiger partial charge in [-0.05, 0) is 41.8 Å². The van der Waals surface area contributed by atoms with Crippen molar-refractivity contribution in [2.24, 2.45) is 5.92 Å². The smallest absolute Gasteiger partial charge is 0.296 e. The summed E-state index contributed by atoms with van der Waals surface area (Å²) in [5.74, 6) is -1.40. The highest BCUT2D eigenvalue weighted by Crippen LogP contribution is 2.44. The van der Waals surface area contributed by atoms with Crippen LogP contribution in [-0.2, 0) is 9.59 Å². The van der Waals surface area contributed by atoms with Crippen molar-refractivity contribution in [3.05, 3.63) is 65.2 Å². The minimum Gasteiger partial charge on any atom is -0.503 e. The molecule has 0 spiro atoms. The van der Waals surface area contributed by atoms with Gasteiger partial charge in [0.1, 0.15) is 11.6 Å². The van der Waals surface area contributed by atoms with Crippen molar-refractivity contribution in [1.29, 1.82) is 0 Å². The fraction of sp³-hybridized carbons (Fsp3) is 0.261. The maximum atomic E-state index is 13.7. The molecular weight excluding hydrogens is 419 g/mol. The van der Waals surface area contributed by atoms with Gasteiger partial charge in [-0.3, -0.25) is 14.5 Å². The van der Waals surface area contributed by atoms with E-state index >= 15 is 0 Å². The fourth-order valence-electron chi connectivity index (χ4n) is 3.68. The number of halogens is 1. The van der Waals surface area contributed by atoms with Gasteiger partial charge in [-0.15, -0.1) is 0 Å². The van der Waals surface area contributed by atoms with Crippen molar-refractivity contribution in [1.82, 2.24) is 4.98 Å². The number of hydrogen-bond donors (Lipinski definition) is 1. The van der Waals surface area contributed by atoms with E-state index in [-0.39, 0.29) is 28.8 Å². The molecule has 2 aromatic carbocycles. The Morgan fingerprint density at radius 1 is 1.29 bits per heavy atom. The molecule has 0 saturated carbocycles. The molecule has 0 radical (unpaired) electrons. The molecule has 4 rings (SSSR count). The number of rotatable bonds is 6. The number of ketones is 1. The normalized spacial score (nSPS) is 16.6. The number of carbonyl (C=O) groups is 2. The second kappa shape index (κ2) is 8.11. The number of aliphatic hydroxyl groups is 1. The molecule has 160 valence electrons.